The largest absolute Gasteiger partial charge is 0.358 e. The lowest BCUT2D eigenvalue weighted by Crippen LogP contribution is -2.24. The fourth-order valence-electron chi connectivity index (χ4n) is 1.54. The first-order chi connectivity index (χ1) is 7.95. The first kappa shape index (κ1) is 13.9. The van der Waals surface area contributed by atoms with Gasteiger partial charge in [0.05, 0.1) is 5.69 Å². The van der Waals surface area contributed by atoms with E-state index in [1.165, 1.54) is 0 Å². The number of rotatable bonds is 5. The van der Waals surface area contributed by atoms with E-state index in [2.05, 4.69) is 54.3 Å². The predicted octanol–water partition coefficient (Wildman–Crippen LogP) is 1.82. The number of hydrogen-bond acceptors (Lipinski definition) is 4. The van der Waals surface area contributed by atoms with Crippen molar-refractivity contribution in [1.82, 2.24) is 15.5 Å². The van der Waals surface area contributed by atoms with Gasteiger partial charge in [-0.25, -0.2) is 0 Å². The summed E-state index contributed by atoms with van der Waals surface area (Å²) in [6.45, 7) is 8.45. The van der Waals surface area contributed by atoms with Gasteiger partial charge in [0.25, 0.3) is 0 Å². The Kier molecular flexibility index (Phi) is 4.87. The maximum absolute atomic E-state index is 4.29. The van der Waals surface area contributed by atoms with Crippen LogP contribution in [0, 0.1) is 0 Å². The quantitative estimate of drug-likeness (QED) is 0.792. The Bertz CT molecular complexity index is 326. The molecule has 0 aliphatic carbocycles. The van der Waals surface area contributed by atoms with Gasteiger partial charge in [0.2, 0.25) is 0 Å². The molecule has 0 unspecified atom stereocenters. The molecule has 0 aliphatic rings. The molecule has 0 saturated heterocycles. The number of nitrogens with one attached hydrogen (secondary N) is 1. The third-order valence-electron chi connectivity index (χ3n) is 2.73. The zero-order chi connectivity index (χ0) is 12.9. The molecule has 0 saturated carbocycles. The van der Waals surface area contributed by atoms with Gasteiger partial charge < -0.3 is 10.2 Å². The summed E-state index contributed by atoms with van der Waals surface area (Å²) in [5.41, 5.74) is 1.10. The smallest absolute Gasteiger partial charge is 0.150 e. The van der Waals surface area contributed by atoms with Crippen LogP contribution in [0.3, 0.4) is 0 Å². The lowest BCUT2D eigenvalue weighted by molar-refractivity contribution is 0.558. The first-order valence-electron chi connectivity index (χ1n) is 6.15. The summed E-state index contributed by atoms with van der Waals surface area (Å²) in [4.78, 5) is 2.14. The number of aromatic nitrogens is 2. The molecule has 1 N–H and O–H groups in total. The molecule has 0 spiro atoms. The SMILES string of the molecule is CNCCCN(C)c1ccc(C(C)(C)C)nn1. The lowest BCUT2D eigenvalue weighted by atomic mass is 9.92. The second kappa shape index (κ2) is 5.96. The molecule has 1 heterocycles. The summed E-state index contributed by atoms with van der Waals surface area (Å²) in [5, 5.41) is 11.7. The Morgan fingerprint density at radius 1 is 1.24 bits per heavy atom. The van der Waals surface area contributed by atoms with Crippen molar-refractivity contribution < 1.29 is 0 Å². The molecule has 0 aromatic carbocycles. The van der Waals surface area contributed by atoms with Crippen LogP contribution in [-0.4, -0.2) is 37.4 Å². The maximum atomic E-state index is 4.29. The van der Waals surface area contributed by atoms with Crippen LogP contribution in [0.2, 0.25) is 0 Å². The Labute approximate surface area is 104 Å². The van der Waals surface area contributed by atoms with Gasteiger partial charge in [0.15, 0.2) is 5.82 Å². The second-order valence-electron chi connectivity index (χ2n) is 5.41. The van der Waals surface area contributed by atoms with Gasteiger partial charge in [-0.1, -0.05) is 20.8 Å². The van der Waals surface area contributed by atoms with Crippen molar-refractivity contribution in [3.05, 3.63) is 17.8 Å². The Morgan fingerprint density at radius 3 is 2.41 bits per heavy atom. The third-order valence-corrected chi connectivity index (χ3v) is 2.73. The lowest BCUT2D eigenvalue weighted by Gasteiger charge is -2.20. The van der Waals surface area contributed by atoms with Gasteiger partial charge in [-0.05, 0) is 32.1 Å². The van der Waals surface area contributed by atoms with Crippen molar-refractivity contribution in [2.75, 3.05) is 32.1 Å². The summed E-state index contributed by atoms with van der Waals surface area (Å²) in [5.74, 6) is 0.939. The van der Waals surface area contributed by atoms with Crippen LogP contribution in [0.1, 0.15) is 32.9 Å². The summed E-state index contributed by atoms with van der Waals surface area (Å²) in [7, 11) is 4.02. The third kappa shape index (κ3) is 4.30. The normalized spacial score (nSPS) is 11.6. The summed E-state index contributed by atoms with van der Waals surface area (Å²) >= 11 is 0. The molecule has 1 aromatic heterocycles. The second-order valence-corrected chi connectivity index (χ2v) is 5.41. The van der Waals surface area contributed by atoms with E-state index < -0.39 is 0 Å². The molecule has 1 aromatic rings. The molecule has 4 nitrogen and oxygen atoms in total. The molecule has 96 valence electrons. The molecule has 0 fully saturated rings. The van der Waals surface area contributed by atoms with Gasteiger partial charge in [-0.3, -0.25) is 0 Å². The molecule has 4 heteroatoms. The summed E-state index contributed by atoms with van der Waals surface area (Å²) in [6, 6.07) is 4.11. The van der Waals surface area contributed by atoms with Crippen molar-refractivity contribution in [2.24, 2.45) is 0 Å². The Balaban J connectivity index is 2.61. The molecule has 1 rings (SSSR count). The predicted molar refractivity (Wildman–Crippen MR) is 72.5 cm³/mol. The monoisotopic (exact) mass is 236 g/mol. The average molecular weight is 236 g/mol. The average Bonchev–Trinajstić information content (AvgIpc) is 2.28. The molecule has 0 atom stereocenters. The highest BCUT2D eigenvalue weighted by molar-refractivity contribution is 5.36. The van der Waals surface area contributed by atoms with E-state index >= 15 is 0 Å². The van der Waals surface area contributed by atoms with E-state index in [9.17, 15) is 0 Å². The van der Waals surface area contributed by atoms with Crippen LogP contribution in [0.15, 0.2) is 12.1 Å². The van der Waals surface area contributed by atoms with E-state index in [4.69, 9.17) is 0 Å². The van der Waals surface area contributed by atoms with E-state index in [0.717, 1.165) is 31.0 Å². The van der Waals surface area contributed by atoms with E-state index in [0.29, 0.717) is 0 Å². The molecule has 0 amide bonds. The van der Waals surface area contributed by atoms with Crippen molar-refractivity contribution in [3.63, 3.8) is 0 Å². The number of anilines is 1. The van der Waals surface area contributed by atoms with Gasteiger partial charge >= 0.3 is 0 Å². The minimum atomic E-state index is 0.0657. The zero-order valence-electron chi connectivity index (χ0n) is 11.6. The fourth-order valence-corrected chi connectivity index (χ4v) is 1.54. The van der Waals surface area contributed by atoms with Crippen LogP contribution in [-0.2, 0) is 5.41 Å². The molecular weight excluding hydrogens is 212 g/mol. The summed E-state index contributed by atoms with van der Waals surface area (Å²) in [6.07, 6.45) is 1.11. The zero-order valence-corrected chi connectivity index (χ0v) is 11.6. The van der Waals surface area contributed by atoms with Crippen molar-refractivity contribution in [2.45, 2.75) is 32.6 Å². The van der Waals surface area contributed by atoms with E-state index in [1.54, 1.807) is 0 Å². The van der Waals surface area contributed by atoms with Gasteiger partial charge in [0.1, 0.15) is 0 Å². The Hall–Kier alpha value is -1.16. The van der Waals surface area contributed by atoms with Gasteiger partial charge in [-0.2, -0.15) is 5.10 Å². The minimum absolute atomic E-state index is 0.0657. The van der Waals surface area contributed by atoms with Crippen molar-refractivity contribution in [3.8, 4) is 0 Å². The molecule has 0 bridgehead atoms. The number of nitrogens with zero attached hydrogens (tertiary/aromatic N) is 3. The van der Waals surface area contributed by atoms with Gasteiger partial charge in [0, 0.05) is 19.0 Å². The minimum Gasteiger partial charge on any atom is -0.358 e. The van der Waals surface area contributed by atoms with Crippen molar-refractivity contribution >= 4 is 5.82 Å². The topological polar surface area (TPSA) is 41.0 Å². The molecule has 0 aliphatic heterocycles. The highest BCUT2D eigenvalue weighted by Gasteiger charge is 2.16. The standard InChI is InChI=1S/C13H24N4/c1-13(2,3)11-7-8-12(16-15-11)17(5)10-6-9-14-4/h7-8,14H,6,9-10H2,1-5H3. The summed E-state index contributed by atoms with van der Waals surface area (Å²) < 4.78 is 0. The van der Waals surface area contributed by atoms with E-state index in [1.807, 2.05) is 13.1 Å². The van der Waals surface area contributed by atoms with Gasteiger partial charge in [-0.15, -0.1) is 5.10 Å². The Morgan fingerprint density at radius 2 is 1.94 bits per heavy atom. The maximum Gasteiger partial charge on any atom is 0.150 e. The first-order valence-corrected chi connectivity index (χ1v) is 6.15. The molecule has 17 heavy (non-hydrogen) atoms. The highest BCUT2D eigenvalue weighted by atomic mass is 15.2. The molecular formula is C13H24N4. The van der Waals surface area contributed by atoms with E-state index in [-0.39, 0.29) is 5.41 Å². The van der Waals surface area contributed by atoms with Crippen LogP contribution in [0.4, 0.5) is 5.82 Å². The van der Waals surface area contributed by atoms with Crippen LogP contribution < -0.4 is 10.2 Å². The van der Waals surface area contributed by atoms with Crippen LogP contribution >= 0.6 is 0 Å². The van der Waals surface area contributed by atoms with Crippen molar-refractivity contribution in [1.29, 1.82) is 0 Å². The van der Waals surface area contributed by atoms with Crippen LogP contribution in [0.25, 0.3) is 0 Å². The van der Waals surface area contributed by atoms with Crippen LogP contribution in [0.5, 0.6) is 0 Å². The fraction of sp³-hybridized carbons (Fsp3) is 0.692. The number of hydrogen-bond donors (Lipinski definition) is 1. The highest BCUT2D eigenvalue weighted by Crippen LogP contribution is 2.20. The molecule has 0 radical (unpaired) electrons.